The summed E-state index contributed by atoms with van der Waals surface area (Å²) in [5, 5.41) is 5.00. The highest BCUT2D eigenvalue weighted by atomic mass is 32.2. The van der Waals surface area contributed by atoms with Crippen molar-refractivity contribution in [2.75, 3.05) is 30.3 Å². The van der Waals surface area contributed by atoms with Gasteiger partial charge in [-0.25, -0.2) is 22.0 Å². The zero-order valence-corrected chi connectivity index (χ0v) is 13.9. The monoisotopic (exact) mass is 348 g/mol. The molecule has 0 atom stereocenters. The lowest BCUT2D eigenvalue weighted by atomic mass is 10.3. The number of nitrogens with two attached hydrogens (primary N) is 1. The van der Waals surface area contributed by atoms with Gasteiger partial charge in [-0.05, 0) is 43.0 Å². The number of anilines is 1. The van der Waals surface area contributed by atoms with Gasteiger partial charge in [0.1, 0.15) is 0 Å². The maximum Gasteiger partial charge on any atom is 0.238 e. The highest BCUT2D eigenvalue weighted by Crippen LogP contribution is 2.28. The number of ether oxygens (including phenoxy) is 1. The molecular formula is C13H20N2O5S2. The van der Waals surface area contributed by atoms with Crippen molar-refractivity contribution in [1.82, 2.24) is 0 Å². The van der Waals surface area contributed by atoms with Crippen LogP contribution in [0, 0.1) is 5.92 Å². The second kappa shape index (κ2) is 6.53. The summed E-state index contributed by atoms with van der Waals surface area (Å²) < 4.78 is 53.2. The lowest BCUT2D eigenvalue weighted by molar-refractivity contribution is 0.138. The van der Waals surface area contributed by atoms with Gasteiger partial charge < -0.3 is 4.74 Å². The largest absolute Gasteiger partial charge is 0.380 e. The van der Waals surface area contributed by atoms with Crippen LogP contribution in [0.15, 0.2) is 29.2 Å². The van der Waals surface area contributed by atoms with Crippen LogP contribution >= 0.6 is 0 Å². The molecule has 0 heterocycles. The molecule has 0 aromatic heterocycles. The van der Waals surface area contributed by atoms with Crippen LogP contribution in [0.1, 0.15) is 12.8 Å². The zero-order valence-electron chi connectivity index (χ0n) is 12.3. The molecule has 0 unspecified atom stereocenters. The molecule has 2 rings (SSSR count). The lowest BCUT2D eigenvalue weighted by Crippen LogP contribution is -2.31. The molecule has 0 amide bonds. The smallest absolute Gasteiger partial charge is 0.238 e. The Bertz CT molecular complexity index is 709. The van der Waals surface area contributed by atoms with Crippen molar-refractivity contribution >= 4 is 25.7 Å². The van der Waals surface area contributed by atoms with E-state index in [0.717, 1.165) is 17.1 Å². The van der Waals surface area contributed by atoms with Crippen LogP contribution in [0.5, 0.6) is 0 Å². The van der Waals surface area contributed by atoms with Crippen LogP contribution < -0.4 is 9.44 Å². The van der Waals surface area contributed by atoms with Crippen molar-refractivity contribution in [2.24, 2.45) is 11.1 Å². The highest BCUT2D eigenvalue weighted by Gasteiger charge is 2.23. The maximum absolute atomic E-state index is 12.2. The predicted octanol–water partition coefficient (Wildman–Crippen LogP) is 0.527. The number of hydrogen-bond donors (Lipinski definition) is 1. The Morgan fingerprint density at radius 1 is 1.18 bits per heavy atom. The molecule has 1 aliphatic rings. The summed E-state index contributed by atoms with van der Waals surface area (Å²) in [5.41, 5.74) is 0.370. The number of benzene rings is 1. The van der Waals surface area contributed by atoms with Crippen LogP contribution in [0.25, 0.3) is 0 Å². The minimum absolute atomic E-state index is 0.0604. The fraction of sp³-hybridized carbons (Fsp3) is 0.538. The van der Waals surface area contributed by atoms with E-state index in [2.05, 4.69) is 0 Å². The SMILES string of the molecule is CN(c1ccc(S(N)(=O)=O)cc1)S(=O)(=O)CCOCC1CC1. The highest BCUT2D eigenvalue weighted by molar-refractivity contribution is 7.92. The summed E-state index contributed by atoms with van der Waals surface area (Å²) >= 11 is 0. The van der Waals surface area contributed by atoms with Crippen molar-refractivity contribution in [1.29, 1.82) is 0 Å². The van der Waals surface area contributed by atoms with E-state index in [1.807, 2.05) is 0 Å². The molecule has 1 aliphatic carbocycles. The topological polar surface area (TPSA) is 107 Å². The Balaban J connectivity index is 1.97. The van der Waals surface area contributed by atoms with Crippen molar-refractivity contribution in [2.45, 2.75) is 17.7 Å². The second-order valence-corrected chi connectivity index (χ2v) is 9.02. The van der Waals surface area contributed by atoms with E-state index in [-0.39, 0.29) is 17.3 Å². The number of nitrogens with zero attached hydrogens (tertiary/aromatic N) is 1. The standard InChI is InChI=1S/C13H20N2O5S2/c1-15(12-4-6-13(7-5-12)22(14,18)19)21(16,17)9-8-20-10-11-2-3-11/h4-7,11H,2-3,8-10H2,1H3,(H2,14,18,19). The number of sulfonamides is 2. The fourth-order valence-electron chi connectivity index (χ4n) is 1.84. The van der Waals surface area contributed by atoms with E-state index < -0.39 is 20.0 Å². The fourth-order valence-corrected chi connectivity index (χ4v) is 3.40. The van der Waals surface area contributed by atoms with Crippen LogP contribution in [-0.2, 0) is 24.8 Å². The van der Waals surface area contributed by atoms with Gasteiger partial charge in [0.2, 0.25) is 20.0 Å². The third kappa shape index (κ3) is 4.67. The summed E-state index contributed by atoms with van der Waals surface area (Å²) in [4.78, 5) is -0.0604. The molecule has 0 saturated heterocycles. The molecule has 0 bridgehead atoms. The summed E-state index contributed by atoms with van der Waals surface area (Å²) in [6.07, 6.45) is 2.31. The van der Waals surface area contributed by atoms with E-state index >= 15 is 0 Å². The molecule has 1 saturated carbocycles. The van der Waals surface area contributed by atoms with Gasteiger partial charge in [-0.2, -0.15) is 0 Å². The molecule has 0 aliphatic heterocycles. The average molecular weight is 348 g/mol. The van der Waals surface area contributed by atoms with E-state index in [1.54, 1.807) is 0 Å². The Morgan fingerprint density at radius 3 is 2.27 bits per heavy atom. The van der Waals surface area contributed by atoms with Gasteiger partial charge in [-0.15, -0.1) is 0 Å². The van der Waals surface area contributed by atoms with Crippen molar-refractivity contribution < 1.29 is 21.6 Å². The number of primary sulfonamides is 1. The zero-order chi connectivity index (χ0) is 16.4. The van der Waals surface area contributed by atoms with E-state index in [0.29, 0.717) is 18.2 Å². The minimum Gasteiger partial charge on any atom is -0.380 e. The van der Waals surface area contributed by atoms with Crippen LogP contribution in [0.3, 0.4) is 0 Å². The Labute approximate surface area is 131 Å². The van der Waals surface area contributed by atoms with Gasteiger partial charge in [0.25, 0.3) is 0 Å². The third-order valence-corrected chi connectivity index (χ3v) is 6.14. The molecule has 1 fully saturated rings. The van der Waals surface area contributed by atoms with Crippen molar-refractivity contribution in [3.8, 4) is 0 Å². The van der Waals surface area contributed by atoms with E-state index in [4.69, 9.17) is 9.88 Å². The first kappa shape index (κ1) is 17.2. The Morgan fingerprint density at radius 2 is 1.77 bits per heavy atom. The van der Waals surface area contributed by atoms with Crippen LogP contribution in [-0.4, -0.2) is 42.8 Å². The maximum atomic E-state index is 12.2. The molecule has 1 aromatic carbocycles. The molecule has 124 valence electrons. The second-order valence-electron chi connectivity index (χ2n) is 5.34. The lowest BCUT2D eigenvalue weighted by Gasteiger charge is -2.19. The quantitative estimate of drug-likeness (QED) is 0.690. The molecular weight excluding hydrogens is 328 g/mol. The first-order valence-corrected chi connectivity index (χ1v) is 10.0. The summed E-state index contributed by atoms with van der Waals surface area (Å²) in [5.74, 6) is 0.471. The summed E-state index contributed by atoms with van der Waals surface area (Å²) in [6.45, 7) is 0.765. The van der Waals surface area contributed by atoms with E-state index in [9.17, 15) is 16.8 Å². The number of rotatable bonds is 8. The van der Waals surface area contributed by atoms with Gasteiger partial charge in [-0.3, -0.25) is 4.31 Å². The third-order valence-electron chi connectivity index (χ3n) is 3.48. The Hall–Kier alpha value is -1.16. The normalized spacial score (nSPS) is 15.7. The molecule has 7 nitrogen and oxygen atoms in total. The Kier molecular flexibility index (Phi) is 5.10. The summed E-state index contributed by atoms with van der Waals surface area (Å²) in [6, 6.07) is 5.37. The van der Waals surface area contributed by atoms with Gasteiger partial charge in [0.05, 0.1) is 22.9 Å². The predicted molar refractivity (Wildman–Crippen MR) is 83.5 cm³/mol. The first-order valence-electron chi connectivity index (χ1n) is 6.87. The molecule has 22 heavy (non-hydrogen) atoms. The summed E-state index contributed by atoms with van der Waals surface area (Å²) in [7, 11) is -5.88. The van der Waals surface area contributed by atoms with E-state index in [1.165, 1.54) is 31.3 Å². The van der Waals surface area contributed by atoms with Crippen LogP contribution in [0.2, 0.25) is 0 Å². The average Bonchev–Trinajstić information content (AvgIpc) is 3.26. The van der Waals surface area contributed by atoms with Crippen molar-refractivity contribution in [3.63, 3.8) is 0 Å². The van der Waals surface area contributed by atoms with Crippen LogP contribution in [0.4, 0.5) is 5.69 Å². The molecule has 1 aromatic rings. The van der Waals surface area contributed by atoms with Gasteiger partial charge in [-0.1, -0.05) is 0 Å². The molecule has 2 N–H and O–H groups in total. The molecule has 0 radical (unpaired) electrons. The molecule has 9 heteroatoms. The van der Waals surface area contributed by atoms with Crippen molar-refractivity contribution in [3.05, 3.63) is 24.3 Å². The van der Waals surface area contributed by atoms with Gasteiger partial charge in [0.15, 0.2) is 0 Å². The van der Waals surface area contributed by atoms with Gasteiger partial charge >= 0.3 is 0 Å². The minimum atomic E-state index is -3.79. The number of hydrogen-bond acceptors (Lipinski definition) is 5. The first-order chi connectivity index (χ1) is 10.2. The molecule has 0 spiro atoms. The van der Waals surface area contributed by atoms with Gasteiger partial charge in [0, 0.05) is 13.7 Å².